The Hall–Kier alpha value is -2.17. The van der Waals surface area contributed by atoms with Gasteiger partial charge in [0.2, 0.25) is 0 Å². The summed E-state index contributed by atoms with van der Waals surface area (Å²) in [5, 5.41) is 0. The third-order valence-electron chi connectivity index (χ3n) is 2.55. The van der Waals surface area contributed by atoms with Crippen LogP contribution < -0.4 is 10.5 Å². The van der Waals surface area contributed by atoms with Crippen molar-refractivity contribution in [1.29, 1.82) is 0 Å². The summed E-state index contributed by atoms with van der Waals surface area (Å²) in [6.07, 6.45) is 0.662. The van der Waals surface area contributed by atoms with E-state index in [0.717, 1.165) is 0 Å². The van der Waals surface area contributed by atoms with Crippen LogP contribution in [0.5, 0.6) is 5.75 Å². The summed E-state index contributed by atoms with van der Waals surface area (Å²) in [6.45, 7) is 1.93. The minimum atomic E-state index is -0.346. The Kier molecular flexibility index (Phi) is 3.41. The van der Waals surface area contributed by atoms with E-state index in [1.165, 1.54) is 19.2 Å². The monoisotopic (exact) mass is 247 g/mol. The molecule has 0 aliphatic rings. The van der Waals surface area contributed by atoms with Gasteiger partial charge in [0.15, 0.2) is 0 Å². The van der Waals surface area contributed by atoms with Crippen molar-refractivity contribution >= 4 is 5.82 Å². The Labute approximate surface area is 105 Å². The van der Waals surface area contributed by atoms with Crippen LogP contribution in [-0.4, -0.2) is 17.1 Å². The topological polar surface area (TPSA) is 61.0 Å². The zero-order chi connectivity index (χ0) is 13.1. The molecule has 2 rings (SSSR count). The highest BCUT2D eigenvalue weighted by molar-refractivity contribution is 5.68. The third kappa shape index (κ3) is 2.40. The first kappa shape index (κ1) is 12.3. The van der Waals surface area contributed by atoms with Crippen LogP contribution in [0.25, 0.3) is 11.3 Å². The molecular weight excluding hydrogens is 233 g/mol. The molecule has 94 valence electrons. The molecule has 0 fully saturated rings. The van der Waals surface area contributed by atoms with Crippen LogP contribution in [0.1, 0.15) is 12.7 Å². The van der Waals surface area contributed by atoms with Crippen molar-refractivity contribution in [3.8, 4) is 17.0 Å². The highest BCUT2D eigenvalue weighted by Gasteiger charge is 2.10. The fourth-order valence-corrected chi connectivity index (χ4v) is 1.69. The molecule has 0 saturated carbocycles. The molecule has 0 radical (unpaired) electrons. The largest absolute Gasteiger partial charge is 0.496 e. The van der Waals surface area contributed by atoms with Gasteiger partial charge < -0.3 is 10.5 Å². The van der Waals surface area contributed by atoms with Gasteiger partial charge in [-0.3, -0.25) is 0 Å². The summed E-state index contributed by atoms with van der Waals surface area (Å²) in [5.74, 6) is 1.19. The molecule has 18 heavy (non-hydrogen) atoms. The standard InChI is InChI=1S/C13H14FN3O/c1-3-13-16-10(7-12(15)17-13)9-6-8(14)4-5-11(9)18-2/h4-7H,3H2,1-2H3,(H2,15,16,17). The van der Waals surface area contributed by atoms with Crippen LogP contribution in [0.2, 0.25) is 0 Å². The Morgan fingerprint density at radius 1 is 1.28 bits per heavy atom. The van der Waals surface area contributed by atoms with Crippen LogP contribution in [0.4, 0.5) is 10.2 Å². The molecule has 0 amide bonds. The summed E-state index contributed by atoms with van der Waals surface area (Å²) in [7, 11) is 1.53. The number of aryl methyl sites for hydroxylation is 1. The number of hydrogen-bond donors (Lipinski definition) is 1. The number of rotatable bonds is 3. The van der Waals surface area contributed by atoms with Gasteiger partial charge in [-0.15, -0.1) is 0 Å². The number of anilines is 1. The minimum absolute atomic E-state index is 0.346. The second-order valence-corrected chi connectivity index (χ2v) is 3.79. The fourth-order valence-electron chi connectivity index (χ4n) is 1.69. The Morgan fingerprint density at radius 3 is 2.72 bits per heavy atom. The molecule has 0 unspecified atom stereocenters. The molecule has 1 aromatic heterocycles. The van der Waals surface area contributed by atoms with Crippen LogP contribution in [-0.2, 0) is 6.42 Å². The summed E-state index contributed by atoms with van der Waals surface area (Å²) < 4.78 is 18.5. The quantitative estimate of drug-likeness (QED) is 0.904. The van der Waals surface area contributed by atoms with E-state index in [0.29, 0.717) is 35.1 Å². The number of hydrogen-bond acceptors (Lipinski definition) is 4. The van der Waals surface area contributed by atoms with Gasteiger partial charge in [-0.1, -0.05) is 6.92 Å². The second-order valence-electron chi connectivity index (χ2n) is 3.79. The summed E-state index contributed by atoms with van der Waals surface area (Å²) >= 11 is 0. The first-order valence-corrected chi connectivity index (χ1v) is 5.61. The average molecular weight is 247 g/mol. The zero-order valence-corrected chi connectivity index (χ0v) is 10.3. The van der Waals surface area contributed by atoms with Crippen molar-refractivity contribution in [2.45, 2.75) is 13.3 Å². The van der Waals surface area contributed by atoms with Gasteiger partial charge >= 0.3 is 0 Å². The van der Waals surface area contributed by atoms with E-state index >= 15 is 0 Å². The number of halogens is 1. The molecule has 2 N–H and O–H groups in total. The predicted molar refractivity (Wildman–Crippen MR) is 67.8 cm³/mol. The van der Waals surface area contributed by atoms with Crippen molar-refractivity contribution in [1.82, 2.24) is 9.97 Å². The summed E-state index contributed by atoms with van der Waals surface area (Å²) in [6, 6.07) is 5.89. The second kappa shape index (κ2) is 5.00. The molecule has 0 bridgehead atoms. The first-order chi connectivity index (χ1) is 8.63. The van der Waals surface area contributed by atoms with E-state index in [1.54, 1.807) is 12.1 Å². The number of aromatic nitrogens is 2. The maximum atomic E-state index is 13.3. The lowest BCUT2D eigenvalue weighted by molar-refractivity contribution is 0.415. The van der Waals surface area contributed by atoms with Gasteiger partial charge in [0.25, 0.3) is 0 Å². The number of methoxy groups -OCH3 is 1. The first-order valence-electron chi connectivity index (χ1n) is 5.61. The molecule has 0 aliphatic carbocycles. The van der Waals surface area contributed by atoms with Crippen molar-refractivity contribution in [2.24, 2.45) is 0 Å². The molecule has 0 spiro atoms. The van der Waals surface area contributed by atoms with Crippen molar-refractivity contribution < 1.29 is 9.13 Å². The number of nitrogens with two attached hydrogens (primary N) is 1. The van der Waals surface area contributed by atoms with Gasteiger partial charge in [-0.05, 0) is 18.2 Å². The van der Waals surface area contributed by atoms with Gasteiger partial charge in [0, 0.05) is 18.1 Å². The van der Waals surface area contributed by atoms with Crippen molar-refractivity contribution in [3.05, 3.63) is 35.9 Å². The lowest BCUT2D eigenvalue weighted by Gasteiger charge is -2.09. The molecule has 5 heteroatoms. The van der Waals surface area contributed by atoms with Gasteiger partial charge in [0.1, 0.15) is 23.2 Å². The molecule has 2 aromatic rings. The lowest BCUT2D eigenvalue weighted by Crippen LogP contribution is -2.01. The fraction of sp³-hybridized carbons (Fsp3) is 0.231. The Bertz CT molecular complexity index is 572. The van der Waals surface area contributed by atoms with Gasteiger partial charge in [0.05, 0.1) is 12.8 Å². The van der Waals surface area contributed by atoms with Crippen LogP contribution in [0.3, 0.4) is 0 Å². The smallest absolute Gasteiger partial charge is 0.131 e. The molecule has 0 atom stereocenters. The van der Waals surface area contributed by atoms with Crippen LogP contribution in [0, 0.1) is 5.82 Å². The normalized spacial score (nSPS) is 10.4. The van der Waals surface area contributed by atoms with E-state index in [2.05, 4.69) is 9.97 Å². The van der Waals surface area contributed by atoms with E-state index < -0.39 is 0 Å². The predicted octanol–water partition coefficient (Wildman–Crippen LogP) is 2.44. The third-order valence-corrected chi connectivity index (χ3v) is 2.55. The van der Waals surface area contributed by atoms with Gasteiger partial charge in [-0.25, -0.2) is 14.4 Å². The number of benzene rings is 1. The Morgan fingerprint density at radius 2 is 2.06 bits per heavy atom. The molecule has 1 heterocycles. The molecule has 0 aliphatic heterocycles. The number of nitrogens with zero attached hydrogens (tertiary/aromatic N) is 2. The van der Waals surface area contributed by atoms with E-state index in [4.69, 9.17) is 10.5 Å². The molecule has 0 saturated heterocycles. The van der Waals surface area contributed by atoms with Crippen molar-refractivity contribution in [2.75, 3.05) is 12.8 Å². The summed E-state index contributed by atoms with van der Waals surface area (Å²) in [5.41, 5.74) is 6.85. The number of nitrogen functional groups attached to an aromatic ring is 1. The van der Waals surface area contributed by atoms with E-state index in [9.17, 15) is 4.39 Å². The van der Waals surface area contributed by atoms with Crippen molar-refractivity contribution in [3.63, 3.8) is 0 Å². The highest BCUT2D eigenvalue weighted by Crippen LogP contribution is 2.30. The minimum Gasteiger partial charge on any atom is -0.496 e. The zero-order valence-electron chi connectivity index (χ0n) is 10.3. The van der Waals surface area contributed by atoms with E-state index in [1.807, 2.05) is 6.92 Å². The lowest BCUT2D eigenvalue weighted by atomic mass is 10.1. The molecule has 1 aromatic carbocycles. The number of ether oxygens (including phenoxy) is 1. The van der Waals surface area contributed by atoms with Crippen LogP contribution in [0.15, 0.2) is 24.3 Å². The van der Waals surface area contributed by atoms with Crippen LogP contribution >= 0.6 is 0 Å². The Balaban J connectivity index is 2.60. The molecule has 4 nitrogen and oxygen atoms in total. The maximum Gasteiger partial charge on any atom is 0.131 e. The maximum absolute atomic E-state index is 13.3. The van der Waals surface area contributed by atoms with E-state index in [-0.39, 0.29) is 5.82 Å². The summed E-state index contributed by atoms with van der Waals surface area (Å²) in [4.78, 5) is 8.42. The van der Waals surface area contributed by atoms with Gasteiger partial charge in [-0.2, -0.15) is 0 Å². The molecular formula is C13H14FN3O. The highest BCUT2D eigenvalue weighted by atomic mass is 19.1. The average Bonchev–Trinajstić information content (AvgIpc) is 2.38. The SMILES string of the molecule is CCc1nc(N)cc(-c2cc(F)ccc2OC)n1.